The summed E-state index contributed by atoms with van der Waals surface area (Å²) >= 11 is 0. The second kappa shape index (κ2) is 13.7. The first-order valence-corrected chi connectivity index (χ1v) is 15.2. The summed E-state index contributed by atoms with van der Waals surface area (Å²) in [5, 5.41) is 19.5. The maximum absolute atomic E-state index is 14.0. The molecule has 2 aromatic heterocycles. The molecule has 246 valence electrons. The van der Waals surface area contributed by atoms with Crippen LogP contribution in [0.15, 0.2) is 65.6 Å². The van der Waals surface area contributed by atoms with Crippen LogP contribution in [0, 0.1) is 24.2 Å². The number of carbonyl (C=O) groups is 2. The molecular weight excluding hydrogens is 613 g/mol. The van der Waals surface area contributed by atoms with E-state index in [0.717, 1.165) is 34.1 Å². The van der Waals surface area contributed by atoms with Crippen molar-refractivity contribution in [3.63, 3.8) is 0 Å². The Labute approximate surface area is 269 Å². The van der Waals surface area contributed by atoms with Gasteiger partial charge in [-0.2, -0.15) is 23.5 Å². The number of halogens is 3. The second-order valence-electron chi connectivity index (χ2n) is 11.9. The Morgan fingerprint density at radius 3 is 2.38 bits per heavy atom. The van der Waals surface area contributed by atoms with E-state index in [1.807, 2.05) is 14.1 Å². The summed E-state index contributed by atoms with van der Waals surface area (Å²) in [5.41, 5.74) is -0.0988. The lowest BCUT2D eigenvalue weighted by molar-refractivity contribution is -0.137. The first-order chi connectivity index (χ1) is 22.4. The molecule has 2 heterocycles. The Hall–Kier alpha value is -5.16. The zero-order chi connectivity index (χ0) is 33.9. The zero-order valence-electron chi connectivity index (χ0n) is 26.2. The highest BCUT2D eigenvalue weighted by Crippen LogP contribution is 2.32. The fourth-order valence-corrected chi connectivity index (χ4v) is 5.94. The molecule has 1 saturated carbocycles. The summed E-state index contributed by atoms with van der Waals surface area (Å²) in [6.45, 7) is 2.40. The lowest BCUT2D eigenvalue weighted by Gasteiger charge is -2.29. The number of imidazole rings is 1. The van der Waals surface area contributed by atoms with Crippen molar-refractivity contribution in [3.05, 3.63) is 88.1 Å². The number of likely N-dealkylation sites (N-methyl/N-ethyl adjacent to an activating group) is 1. The van der Waals surface area contributed by atoms with E-state index in [0.29, 0.717) is 42.9 Å². The highest BCUT2D eigenvalue weighted by Gasteiger charge is 2.33. The Morgan fingerprint density at radius 1 is 1.04 bits per heavy atom. The number of amides is 2. The molecule has 0 spiro atoms. The first-order valence-electron chi connectivity index (χ1n) is 15.2. The molecule has 0 bridgehead atoms. The molecule has 1 aliphatic rings. The van der Waals surface area contributed by atoms with Crippen LogP contribution < -0.4 is 16.3 Å². The van der Waals surface area contributed by atoms with Crippen molar-refractivity contribution in [2.75, 3.05) is 27.2 Å². The van der Waals surface area contributed by atoms with E-state index in [-0.39, 0.29) is 34.9 Å². The standard InChI is InChI=1S/C33H35F3N8O3/c1-21-30(28-15-16-39-44(28)26-13-9-22(18-37)10-14-26)43(32(47)42(21)27-6-4-5-24(17-27)33(34,35)36)31(46)40-25-11-7-23(8-12-25)19-38-29(45)20-41(2)3/h4-6,9-10,13-17,23,25H,7-8,11-12,19-20H2,1-3H3,(H,38,45)(H,40,46). The van der Waals surface area contributed by atoms with Gasteiger partial charge in [-0.1, -0.05) is 6.07 Å². The van der Waals surface area contributed by atoms with Gasteiger partial charge >= 0.3 is 17.9 Å². The number of alkyl halides is 3. The molecule has 0 aliphatic heterocycles. The number of hydrogen-bond acceptors (Lipinski definition) is 6. The minimum atomic E-state index is -4.64. The van der Waals surface area contributed by atoms with E-state index >= 15 is 0 Å². The lowest BCUT2D eigenvalue weighted by Crippen LogP contribution is -2.45. The molecule has 2 N–H and O–H groups in total. The van der Waals surface area contributed by atoms with Crippen molar-refractivity contribution in [2.24, 2.45) is 5.92 Å². The molecule has 0 atom stereocenters. The van der Waals surface area contributed by atoms with Crippen LogP contribution in [0.3, 0.4) is 0 Å². The lowest BCUT2D eigenvalue weighted by atomic mass is 9.86. The molecule has 47 heavy (non-hydrogen) atoms. The molecule has 2 amide bonds. The number of nitriles is 1. The molecule has 1 fully saturated rings. The normalized spacial score (nSPS) is 16.6. The Balaban J connectivity index is 1.48. The minimum Gasteiger partial charge on any atom is -0.355 e. The van der Waals surface area contributed by atoms with Gasteiger partial charge in [0.05, 0.1) is 52.7 Å². The minimum absolute atomic E-state index is 0.0450. The highest BCUT2D eigenvalue weighted by atomic mass is 19.4. The third kappa shape index (κ3) is 7.30. The van der Waals surface area contributed by atoms with Gasteiger partial charge in [-0.05, 0) is 101 Å². The van der Waals surface area contributed by atoms with Crippen molar-refractivity contribution < 1.29 is 22.8 Å². The quantitative estimate of drug-likeness (QED) is 0.290. The van der Waals surface area contributed by atoms with Crippen molar-refractivity contribution in [3.8, 4) is 28.8 Å². The van der Waals surface area contributed by atoms with E-state index < -0.39 is 23.5 Å². The number of carbonyl (C=O) groups excluding carboxylic acids is 2. The summed E-state index contributed by atoms with van der Waals surface area (Å²) in [5.74, 6) is 0.191. The fraction of sp³-hybridized carbons (Fsp3) is 0.364. The average molecular weight is 649 g/mol. The van der Waals surface area contributed by atoms with Gasteiger partial charge in [0, 0.05) is 12.6 Å². The number of hydrogen-bond donors (Lipinski definition) is 2. The molecule has 11 nitrogen and oxygen atoms in total. The second-order valence-corrected chi connectivity index (χ2v) is 11.9. The van der Waals surface area contributed by atoms with Gasteiger partial charge in [0.15, 0.2) is 0 Å². The molecule has 5 rings (SSSR count). The van der Waals surface area contributed by atoms with E-state index in [1.54, 1.807) is 42.2 Å². The van der Waals surface area contributed by atoms with Gasteiger partial charge in [0.1, 0.15) is 5.69 Å². The summed E-state index contributed by atoms with van der Waals surface area (Å²) in [4.78, 5) is 41.8. The fourth-order valence-electron chi connectivity index (χ4n) is 5.94. The zero-order valence-corrected chi connectivity index (χ0v) is 26.2. The topological polar surface area (TPSA) is 130 Å². The van der Waals surface area contributed by atoms with Crippen LogP contribution in [-0.4, -0.2) is 69.0 Å². The number of nitrogens with one attached hydrogen (secondary N) is 2. The predicted molar refractivity (Wildman–Crippen MR) is 168 cm³/mol. The number of nitrogens with zero attached hydrogens (tertiary/aromatic N) is 6. The molecule has 0 saturated heterocycles. The Morgan fingerprint density at radius 2 is 1.74 bits per heavy atom. The average Bonchev–Trinajstić information content (AvgIpc) is 3.61. The van der Waals surface area contributed by atoms with Crippen molar-refractivity contribution in [1.29, 1.82) is 5.26 Å². The highest BCUT2D eigenvalue weighted by molar-refractivity contribution is 5.83. The van der Waals surface area contributed by atoms with Gasteiger partial charge in [-0.3, -0.25) is 9.36 Å². The van der Waals surface area contributed by atoms with Crippen molar-refractivity contribution in [2.45, 2.75) is 44.8 Å². The van der Waals surface area contributed by atoms with Crippen molar-refractivity contribution in [1.82, 2.24) is 34.4 Å². The maximum Gasteiger partial charge on any atom is 0.416 e. The Kier molecular flexibility index (Phi) is 9.67. The van der Waals surface area contributed by atoms with Gasteiger partial charge in [0.25, 0.3) is 0 Å². The van der Waals surface area contributed by atoms with Crippen LogP contribution in [0.25, 0.3) is 22.8 Å². The summed E-state index contributed by atoms with van der Waals surface area (Å²) < 4.78 is 44.4. The maximum atomic E-state index is 14.0. The predicted octanol–water partition coefficient (Wildman–Crippen LogP) is 4.48. The SMILES string of the molecule is Cc1c(-c2ccnn2-c2ccc(C#N)cc2)n(C(=O)NC2CCC(CNC(=O)CN(C)C)CC2)c(=O)n1-c1cccc(C(F)(F)F)c1. The van der Waals surface area contributed by atoms with E-state index in [4.69, 9.17) is 0 Å². The van der Waals surface area contributed by atoms with Gasteiger partial charge in [0.2, 0.25) is 5.91 Å². The summed E-state index contributed by atoms with van der Waals surface area (Å²) in [6.07, 6.45) is -0.394. The molecule has 0 radical (unpaired) electrons. The molecule has 14 heteroatoms. The Bertz CT molecular complexity index is 1860. The van der Waals surface area contributed by atoms with E-state index in [9.17, 15) is 32.8 Å². The molecule has 2 aromatic carbocycles. The number of rotatable bonds is 8. The van der Waals surface area contributed by atoms with E-state index in [2.05, 4.69) is 21.8 Å². The molecular formula is C33H35F3N8O3. The summed E-state index contributed by atoms with van der Waals surface area (Å²) in [7, 11) is 3.64. The third-order valence-corrected chi connectivity index (χ3v) is 8.27. The van der Waals surface area contributed by atoms with Crippen LogP contribution in [0.5, 0.6) is 0 Å². The number of aromatic nitrogens is 4. The molecule has 4 aromatic rings. The molecule has 1 aliphatic carbocycles. The monoisotopic (exact) mass is 648 g/mol. The van der Waals surface area contributed by atoms with Gasteiger partial charge in [-0.25, -0.2) is 18.8 Å². The van der Waals surface area contributed by atoms with E-state index in [1.165, 1.54) is 23.0 Å². The van der Waals surface area contributed by atoms with Crippen LogP contribution in [-0.2, 0) is 11.0 Å². The van der Waals surface area contributed by atoms with Gasteiger partial charge < -0.3 is 15.5 Å². The third-order valence-electron chi connectivity index (χ3n) is 8.27. The molecule has 0 unspecified atom stereocenters. The van der Waals surface area contributed by atoms with Crippen LogP contribution >= 0.6 is 0 Å². The van der Waals surface area contributed by atoms with Crippen LogP contribution in [0.4, 0.5) is 18.0 Å². The largest absolute Gasteiger partial charge is 0.416 e. The van der Waals surface area contributed by atoms with Crippen molar-refractivity contribution >= 4 is 11.9 Å². The summed E-state index contributed by atoms with van der Waals surface area (Å²) in [6, 6.07) is 13.6. The van der Waals surface area contributed by atoms with Gasteiger partial charge in [-0.15, -0.1) is 0 Å². The first kappa shape index (κ1) is 33.2. The van der Waals surface area contributed by atoms with Crippen LogP contribution in [0.1, 0.15) is 42.5 Å². The smallest absolute Gasteiger partial charge is 0.355 e. The van der Waals surface area contributed by atoms with Crippen LogP contribution in [0.2, 0.25) is 0 Å². The number of benzene rings is 2.